The number of rotatable bonds is 3. The molecule has 0 saturated carbocycles. The van der Waals surface area contributed by atoms with Gasteiger partial charge in [-0.05, 0) is 31.0 Å². The molecule has 1 aliphatic rings. The van der Waals surface area contributed by atoms with Crippen molar-refractivity contribution in [2.24, 2.45) is 5.73 Å². The van der Waals surface area contributed by atoms with Gasteiger partial charge in [0.1, 0.15) is 5.82 Å². The van der Waals surface area contributed by atoms with Crippen molar-refractivity contribution in [3.63, 3.8) is 0 Å². The van der Waals surface area contributed by atoms with Crippen LogP contribution in [0, 0.1) is 5.82 Å². The van der Waals surface area contributed by atoms with E-state index in [-0.39, 0.29) is 18.2 Å². The second kappa shape index (κ2) is 6.13. The predicted molar refractivity (Wildman–Crippen MR) is 63.9 cm³/mol. The highest BCUT2D eigenvalue weighted by Crippen LogP contribution is 2.18. The summed E-state index contributed by atoms with van der Waals surface area (Å²) in [5.74, 6) is -0.268. The standard InChI is InChI=1S/C11H16FN3.ClH/c12-10-4-9(6-14-7-10)8-15-3-1-2-11(15)5-13;/h4,6-7,11H,1-3,5,8,13H2;1H. The SMILES string of the molecule is Cl.NCC1CCCN1Cc1cncc(F)c1. The lowest BCUT2D eigenvalue weighted by Crippen LogP contribution is -2.34. The summed E-state index contributed by atoms with van der Waals surface area (Å²) in [4.78, 5) is 6.15. The van der Waals surface area contributed by atoms with E-state index >= 15 is 0 Å². The zero-order valence-corrected chi connectivity index (χ0v) is 9.92. The van der Waals surface area contributed by atoms with Crippen molar-refractivity contribution < 1.29 is 4.39 Å². The molecule has 0 amide bonds. The first-order chi connectivity index (χ1) is 7.29. The van der Waals surface area contributed by atoms with Crippen LogP contribution >= 0.6 is 12.4 Å². The molecular formula is C11H17ClFN3. The van der Waals surface area contributed by atoms with E-state index in [1.807, 2.05) is 0 Å². The van der Waals surface area contributed by atoms with Gasteiger partial charge in [-0.3, -0.25) is 9.88 Å². The van der Waals surface area contributed by atoms with E-state index < -0.39 is 0 Å². The van der Waals surface area contributed by atoms with E-state index in [9.17, 15) is 4.39 Å². The number of nitrogens with two attached hydrogens (primary N) is 1. The van der Waals surface area contributed by atoms with E-state index in [4.69, 9.17) is 5.73 Å². The van der Waals surface area contributed by atoms with Crippen molar-refractivity contribution in [2.75, 3.05) is 13.1 Å². The van der Waals surface area contributed by atoms with E-state index in [1.165, 1.54) is 12.6 Å². The number of hydrogen-bond acceptors (Lipinski definition) is 3. The van der Waals surface area contributed by atoms with Crippen molar-refractivity contribution in [3.8, 4) is 0 Å². The van der Waals surface area contributed by atoms with E-state index in [0.717, 1.165) is 25.1 Å². The maximum atomic E-state index is 12.9. The van der Waals surface area contributed by atoms with Crippen LogP contribution in [0.2, 0.25) is 0 Å². The number of halogens is 2. The zero-order chi connectivity index (χ0) is 10.7. The molecule has 1 aromatic rings. The molecule has 0 aliphatic carbocycles. The second-order valence-corrected chi connectivity index (χ2v) is 4.01. The molecule has 5 heteroatoms. The molecule has 2 rings (SSSR count). The quantitative estimate of drug-likeness (QED) is 0.879. The lowest BCUT2D eigenvalue weighted by Gasteiger charge is -2.22. The number of likely N-dealkylation sites (tertiary alicyclic amines) is 1. The Hall–Kier alpha value is -0.710. The summed E-state index contributed by atoms with van der Waals surface area (Å²) in [5.41, 5.74) is 6.60. The molecule has 90 valence electrons. The van der Waals surface area contributed by atoms with Gasteiger partial charge in [0.15, 0.2) is 0 Å². The third-order valence-electron chi connectivity index (χ3n) is 2.92. The van der Waals surface area contributed by atoms with Gasteiger partial charge in [-0.2, -0.15) is 0 Å². The number of aromatic nitrogens is 1. The molecule has 1 unspecified atom stereocenters. The van der Waals surface area contributed by atoms with Crippen LogP contribution in [0.1, 0.15) is 18.4 Å². The predicted octanol–water partition coefficient (Wildman–Crippen LogP) is 1.57. The third kappa shape index (κ3) is 3.14. The van der Waals surface area contributed by atoms with Crippen LogP contribution in [-0.4, -0.2) is 29.0 Å². The number of hydrogen-bond donors (Lipinski definition) is 1. The first-order valence-electron chi connectivity index (χ1n) is 5.33. The molecule has 1 aliphatic heterocycles. The minimum Gasteiger partial charge on any atom is -0.329 e. The average Bonchev–Trinajstić information content (AvgIpc) is 2.65. The molecule has 0 aromatic carbocycles. The smallest absolute Gasteiger partial charge is 0.141 e. The van der Waals surface area contributed by atoms with Crippen LogP contribution in [0.4, 0.5) is 4.39 Å². The molecule has 1 fully saturated rings. The molecule has 1 saturated heterocycles. The van der Waals surface area contributed by atoms with Gasteiger partial charge >= 0.3 is 0 Å². The topological polar surface area (TPSA) is 42.1 Å². The van der Waals surface area contributed by atoms with Crippen LogP contribution < -0.4 is 5.73 Å². The number of nitrogens with zero attached hydrogens (tertiary/aromatic N) is 2. The highest BCUT2D eigenvalue weighted by Gasteiger charge is 2.22. The molecule has 0 radical (unpaired) electrons. The molecule has 0 spiro atoms. The Balaban J connectivity index is 0.00000128. The fourth-order valence-corrected chi connectivity index (χ4v) is 2.15. The van der Waals surface area contributed by atoms with Gasteiger partial charge in [0, 0.05) is 25.3 Å². The Morgan fingerprint density at radius 1 is 1.50 bits per heavy atom. The van der Waals surface area contributed by atoms with Crippen molar-refractivity contribution in [1.82, 2.24) is 9.88 Å². The Morgan fingerprint density at radius 2 is 2.31 bits per heavy atom. The Morgan fingerprint density at radius 3 is 3.00 bits per heavy atom. The van der Waals surface area contributed by atoms with E-state index in [1.54, 1.807) is 12.3 Å². The Labute approximate surface area is 101 Å². The molecular weight excluding hydrogens is 229 g/mol. The first-order valence-corrected chi connectivity index (χ1v) is 5.33. The minimum atomic E-state index is -0.268. The fraction of sp³-hybridized carbons (Fsp3) is 0.545. The van der Waals surface area contributed by atoms with Crippen molar-refractivity contribution in [1.29, 1.82) is 0 Å². The normalized spacial score (nSPS) is 20.8. The van der Waals surface area contributed by atoms with Crippen LogP contribution in [0.5, 0.6) is 0 Å². The molecule has 2 heterocycles. The summed E-state index contributed by atoms with van der Waals surface area (Å²) in [6.45, 7) is 2.49. The van der Waals surface area contributed by atoms with Crippen LogP contribution in [0.3, 0.4) is 0 Å². The maximum absolute atomic E-state index is 12.9. The molecule has 16 heavy (non-hydrogen) atoms. The molecule has 2 N–H and O–H groups in total. The summed E-state index contributed by atoms with van der Waals surface area (Å²) in [7, 11) is 0. The lowest BCUT2D eigenvalue weighted by atomic mass is 10.2. The molecule has 1 aromatic heterocycles. The largest absolute Gasteiger partial charge is 0.329 e. The van der Waals surface area contributed by atoms with E-state index in [0.29, 0.717) is 12.6 Å². The van der Waals surface area contributed by atoms with Gasteiger partial charge in [0.25, 0.3) is 0 Å². The van der Waals surface area contributed by atoms with Crippen molar-refractivity contribution >= 4 is 12.4 Å². The highest BCUT2D eigenvalue weighted by atomic mass is 35.5. The Kier molecular flexibility index (Phi) is 5.12. The van der Waals surface area contributed by atoms with Gasteiger partial charge in [-0.1, -0.05) is 0 Å². The van der Waals surface area contributed by atoms with E-state index in [2.05, 4.69) is 9.88 Å². The highest BCUT2D eigenvalue weighted by molar-refractivity contribution is 5.85. The minimum absolute atomic E-state index is 0. The first kappa shape index (κ1) is 13.4. The fourth-order valence-electron chi connectivity index (χ4n) is 2.15. The maximum Gasteiger partial charge on any atom is 0.141 e. The molecule has 3 nitrogen and oxygen atoms in total. The monoisotopic (exact) mass is 245 g/mol. The summed E-state index contributed by atoms with van der Waals surface area (Å²) in [6, 6.07) is 1.99. The van der Waals surface area contributed by atoms with Crippen LogP contribution in [0.25, 0.3) is 0 Å². The summed E-state index contributed by atoms with van der Waals surface area (Å²) in [6.07, 6.45) is 5.28. The van der Waals surface area contributed by atoms with Gasteiger partial charge < -0.3 is 5.73 Å². The molecule has 1 atom stereocenters. The Bertz CT molecular complexity index is 335. The van der Waals surface area contributed by atoms with Gasteiger partial charge in [-0.25, -0.2) is 4.39 Å². The lowest BCUT2D eigenvalue weighted by molar-refractivity contribution is 0.249. The summed E-state index contributed by atoms with van der Waals surface area (Å²) in [5, 5.41) is 0. The van der Waals surface area contributed by atoms with Crippen LogP contribution in [0.15, 0.2) is 18.5 Å². The van der Waals surface area contributed by atoms with Crippen molar-refractivity contribution in [2.45, 2.75) is 25.4 Å². The second-order valence-electron chi connectivity index (χ2n) is 4.01. The summed E-state index contributed by atoms with van der Waals surface area (Å²) >= 11 is 0. The number of pyridine rings is 1. The van der Waals surface area contributed by atoms with Crippen molar-refractivity contribution in [3.05, 3.63) is 29.8 Å². The average molecular weight is 246 g/mol. The van der Waals surface area contributed by atoms with Gasteiger partial charge in [-0.15, -0.1) is 12.4 Å². The third-order valence-corrected chi connectivity index (χ3v) is 2.92. The van der Waals surface area contributed by atoms with Gasteiger partial charge in [0.05, 0.1) is 6.20 Å². The van der Waals surface area contributed by atoms with Crippen LogP contribution in [-0.2, 0) is 6.54 Å². The zero-order valence-electron chi connectivity index (χ0n) is 9.10. The molecule has 0 bridgehead atoms. The summed E-state index contributed by atoms with van der Waals surface area (Å²) < 4.78 is 12.9. The van der Waals surface area contributed by atoms with Gasteiger partial charge in [0.2, 0.25) is 0 Å².